The van der Waals surface area contributed by atoms with Crippen molar-refractivity contribution < 1.29 is 34.1 Å². The van der Waals surface area contributed by atoms with Crippen LogP contribution in [0.5, 0.6) is 0 Å². The highest BCUT2D eigenvalue weighted by molar-refractivity contribution is 6.27. The zero-order chi connectivity index (χ0) is 21.7. The molecule has 1 aliphatic rings. The van der Waals surface area contributed by atoms with Crippen molar-refractivity contribution in [1.82, 2.24) is 15.1 Å². The molecule has 158 valence electrons. The Bertz CT molecular complexity index is 599. The van der Waals surface area contributed by atoms with Gasteiger partial charge in [0.1, 0.15) is 12.1 Å². The van der Waals surface area contributed by atoms with Gasteiger partial charge in [-0.25, -0.2) is 14.4 Å². The maximum Gasteiger partial charge on any atom is 0.414 e. The zero-order valence-electron chi connectivity index (χ0n) is 16.8. The minimum atomic E-state index is -1.82. The molecular weight excluding hydrogens is 370 g/mol. The first-order valence-corrected chi connectivity index (χ1v) is 8.77. The number of nitrogens with zero attached hydrogens (tertiary/aromatic N) is 2. The minimum absolute atomic E-state index is 0.0841. The lowest BCUT2D eigenvalue weighted by Gasteiger charge is -2.20. The van der Waals surface area contributed by atoms with E-state index < -0.39 is 23.6 Å². The molecule has 0 unspecified atom stereocenters. The largest absolute Gasteiger partial charge is 0.473 e. The predicted octanol–water partition coefficient (Wildman–Crippen LogP) is 0.224. The molecule has 2 amide bonds. The third-order valence-corrected chi connectivity index (χ3v) is 3.33. The van der Waals surface area contributed by atoms with Crippen LogP contribution in [-0.4, -0.2) is 89.3 Å². The van der Waals surface area contributed by atoms with Gasteiger partial charge in [0.15, 0.2) is 0 Å². The molecule has 0 aromatic heterocycles. The molecule has 0 radical (unpaired) electrons. The Hall–Kier alpha value is -2.80. The summed E-state index contributed by atoms with van der Waals surface area (Å²) in [7, 11) is 1.67. The second-order valence-electron chi connectivity index (χ2n) is 7.05. The predicted molar refractivity (Wildman–Crippen MR) is 101 cm³/mol. The molecule has 0 atom stereocenters. The number of likely N-dealkylation sites (N-methyl/N-ethyl adjacent to an activating group) is 1. The van der Waals surface area contributed by atoms with Crippen molar-refractivity contribution in [3.05, 3.63) is 0 Å². The molecule has 0 aromatic carbocycles. The van der Waals surface area contributed by atoms with Gasteiger partial charge in [-0.3, -0.25) is 9.69 Å². The third kappa shape index (κ3) is 13.4. The van der Waals surface area contributed by atoms with Crippen molar-refractivity contribution in [2.24, 2.45) is 0 Å². The number of amides is 2. The van der Waals surface area contributed by atoms with Crippen LogP contribution in [0.25, 0.3) is 0 Å². The SMILES string of the molecule is CN(CC#CCN1CCCC1)C(=O)CNC(=O)OC(C)(C)C.O=C(O)C(=O)O. The number of carbonyl (C=O) groups is 4. The molecule has 0 spiro atoms. The maximum absolute atomic E-state index is 11.8. The summed E-state index contributed by atoms with van der Waals surface area (Å²) in [6, 6.07) is 0. The van der Waals surface area contributed by atoms with E-state index in [1.807, 2.05) is 0 Å². The first-order valence-electron chi connectivity index (χ1n) is 8.77. The van der Waals surface area contributed by atoms with Crippen LogP contribution in [0.3, 0.4) is 0 Å². The number of aliphatic carboxylic acids is 2. The first kappa shape index (κ1) is 25.2. The van der Waals surface area contributed by atoms with Crippen LogP contribution in [0.1, 0.15) is 33.6 Å². The van der Waals surface area contributed by atoms with E-state index in [1.165, 1.54) is 17.7 Å². The number of carbonyl (C=O) groups excluding carboxylic acids is 2. The quantitative estimate of drug-likeness (QED) is 0.451. The molecular formula is C18H29N3O7. The number of carboxylic acids is 2. The standard InChI is InChI=1S/C16H27N3O3.C2H2O4/c1-16(2,3)22-15(21)17-13-14(20)18(4)9-5-6-10-19-11-7-8-12-19;3-1(4)2(5)6/h7-13H2,1-4H3,(H,17,21);(H,3,4)(H,5,6). The van der Waals surface area contributed by atoms with Gasteiger partial charge in [0.25, 0.3) is 0 Å². The summed E-state index contributed by atoms with van der Waals surface area (Å²) in [5, 5.41) is 17.2. The van der Waals surface area contributed by atoms with Crippen LogP contribution >= 0.6 is 0 Å². The van der Waals surface area contributed by atoms with Gasteiger partial charge < -0.3 is 25.2 Å². The Labute approximate surface area is 164 Å². The van der Waals surface area contributed by atoms with E-state index in [0.29, 0.717) is 6.54 Å². The summed E-state index contributed by atoms with van der Waals surface area (Å²) >= 11 is 0. The molecule has 28 heavy (non-hydrogen) atoms. The molecule has 0 saturated carbocycles. The van der Waals surface area contributed by atoms with E-state index in [-0.39, 0.29) is 12.5 Å². The number of nitrogens with one attached hydrogen (secondary N) is 1. The van der Waals surface area contributed by atoms with Crippen molar-refractivity contribution in [1.29, 1.82) is 0 Å². The molecule has 0 bridgehead atoms. The Kier molecular flexibility index (Phi) is 11.3. The van der Waals surface area contributed by atoms with E-state index in [1.54, 1.807) is 27.8 Å². The molecule has 0 aliphatic carbocycles. The van der Waals surface area contributed by atoms with Gasteiger partial charge in [-0.05, 0) is 46.7 Å². The third-order valence-electron chi connectivity index (χ3n) is 3.33. The van der Waals surface area contributed by atoms with Gasteiger partial charge in [-0.15, -0.1) is 0 Å². The van der Waals surface area contributed by atoms with Crippen molar-refractivity contribution in [3.63, 3.8) is 0 Å². The highest BCUT2D eigenvalue weighted by Gasteiger charge is 2.17. The summed E-state index contributed by atoms with van der Waals surface area (Å²) in [6.07, 6.45) is 1.90. The molecule has 1 saturated heterocycles. The summed E-state index contributed by atoms with van der Waals surface area (Å²) in [5.41, 5.74) is -0.569. The van der Waals surface area contributed by atoms with Gasteiger partial charge >= 0.3 is 18.0 Å². The molecule has 10 nitrogen and oxygen atoms in total. The summed E-state index contributed by atoms with van der Waals surface area (Å²) in [6.45, 7) is 8.59. The van der Waals surface area contributed by atoms with Gasteiger partial charge in [0.05, 0.1) is 13.1 Å². The van der Waals surface area contributed by atoms with Gasteiger partial charge in [-0.1, -0.05) is 11.8 Å². The summed E-state index contributed by atoms with van der Waals surface area (Å²) in [4.78, 5) is 45.3. The topological polar surface area (TPSA) is 136 Å². The molecule has 1 fully saturated rings. The monoisotopic (exact) mass is 399 g/mol. The van der Waals surface area contributed by atoms with Crippen LogP contribution in [0, 0.1) is 11.8 Å². The van der Waals surface area contributed by atoms with Gasteiger partial charge in [0, 0.05) is 7.05 Å². The average Bonchev–Trinajstić information content (AvgIpc) is 3.08. The second-order valence-corrected chi connectivity index (χ2v) is 7.05. The van der Waals surface area contributed by atoms with Crippen molar-refractivity contribution in [2.75, 3.05) is 39.8 Å². The van der Waals surface area contributed by atoms with Crippen molar-refractivity contribution >= 4 is 23.9 Å². The number of ether oxygens (including phenoxy) is 1. The number of hydrogen-bond acceptors (Lipinski definition) is 6. The number of hydrogen-bond donors (Lipinski definition) is 3. The van der Waals surface area contributed by atoms with E-state index in [9.17, 15) is 9.59 Å². The molecule has 1 aliphatic heterocycles. The number of carboxylic acid groups (broad SMARTS) is 2. The Morgan fingerprint density at radius 3 is 2.07 bits per heavy atom. The normalized spacial score (nSPS) is 13.3. The molecule has 1 heterocycles. The molecule has 3 N–H and O–H groups in total. The number of likely N-dealkylation sites (tertiary alicyclic amines) is 1. The lowest BCUT2D eigenvalue weighted by Crippen LogP contribution is -2.40. The Morgan fingerprint density at radius 2 is 1.61 bits per heavy atom. The minimum Gasteiger partial charge on any atom is -0.473 e. The van der Waals surface area contributed by atoms with Crippen LogP contribution in [0.2, 0.25) is 0 Å². The fourth-order valence-electron chi connectivity index (χ4n) is 1.97. The Balaban J connectivity index is 0.00000105. The highest BCUT2D eigenvalue weighted by atomic mass is 16.6. The fraction of sp³-hybridized carbons (Fsp3) is 0.667. The van der Waals surface area contributed by atoms with Gasteiger partial charge in [-0.2, -0.15) is 0 Å². The number of rotatable bonds is 4. The average molecular weight is 399 g/mol. The first-order chi connectivity index (χ1) is 12.9. The summed E-state index contributed by atoms with van der Waals surface area (Å²) < 4.78 is 5.07. The van der Waals surface area contributed by atoms with Crippen LogP contribution in [0.4, 0.5) is 4.79 Å². The van der Waals surface area contributed by atoms with E-state index >= 15 is 0 Å². The maximum atomic E-state index is 11.8. The lowest BCUT2D eigenvalue weighted by molar-refractivity contribution is -0.159. The van der Waals surface area contributed by atoms with E-state index in [2.05, 4.69) is 22.1 Å². The van der Waals surface area contributed by atoms with Gasteiger partial charge in [0.2, 0.25) is 5.91 Å². The smallest absolute Gasteiger partial charge is 0.414 e. The van der Waals surface area contributed by atoms with Crippen LogP contribution in [0.15, 0.2) is 0 Å². The summed E-state index contributed by atoms with van der Waals surface area (Å²) in [5.74, 6) is 2.23. The van der Waals surface area contributed by atoms with Crippen molar-refractivity contribution in [2.45, 2.75) is 39.2 Å². The van der Waals surface area contributed by atoms with E-state index in [0.717, 1.165) is 19.6 Å². The molecule has 1 rings (SSSR count). The van der Waals surface area contributed by atoms with Crippen LogP contribution < -0.4 is 5.32 Å². The highest BCUT2D eigenvalue weighted by Crippen LogP contribution is 2.06. The Morgan fingerprint density at radius 1 is 1.07 bits per heavy atom. The van der Waals surface area contributed by atoms with Crippen molar-refractivity contribution in [3.8, 4) is 11.8 Å². The fourth-order valence-corrected chi connectivity index (χ4v) is 1.97. The molecule has 0 aromatic rings. The zero-order valence-corrected chi connectivity index (χ0v) is 16.8. The van der Waals surface area contributed by atoms with E-state index in [4.69, 9.17) is 24.5 Å². The number of alkyl carbamates (subject to hydrolysis) is 1. The molecule has 10 heteroatoms. The van der Waals surface area contributed by atoms with Crippen LogP contribution in [-0.2, 0) is 19.1 Å². The second kappa shape index (κ2) is 12.6. The lowest BCUT2D eigenvalue weighted by atomic mass is 10.2.